The summed E-state index contributed by atoms with van der Waals surface area (Å²) in [5.41, 5.74) is 7.32. The Balaban J connectivity index is 2.07. The average Bonchev–Trinajstić information content (AvgIpc) is 2.97. The van der Waals surface area contributed by atoms with Crippen molar-refractivity contribution in [2.75, 3.05) is 11.9 Å². The molecule has 6 heteroatoms. The molecule has 1 fully saturated rings. The second kappa shape index (κ2) is 8.53. The molecule has 1 aliphatic rings. The van der Waals surface area contributed by atoms with Crippen molar-refractivity contribution < 1.29 is 9.59 Å². The van der Waals surface area contributed by atoms with Gasteiger partial charge in [-0.15, -0.1) is 11.8 Å². The molecule has 1 aromatic carbocycles. The predicted octanol–water partition coefficient (Wildman–Crippen LogP) is 2.60. The van der Waals surface area contributed by atoms with E-state index in [1.165, 1.54) is 0 Å². The lowest BCUT2D eigenvalue weighted by atomic mass is 10.1. The van der Waals surface area contributed by atoms with Gasteiger partial charge in [0, 0.05) is 12.2 Å². The molecule has 0 bridgehead atoms. The molecule has 1 saturated heterocycles. The highest BCUT2D eigenvalue weighted by Gasteiger charge is 2.29. The second-order valence-electron chi connectivity index (χ2n) is 6.50. The number of amides is 2. The highest BCUT2D eigenvalue weighted by atomic mass is 32.2. The molecule has 1 heterocycles. The van der Waals surface area contributed by atoms with E-state index in [9.17, 15) is 9.59 Å². The van der Waals surface area contributed by atoms with Crippen LogP contribution in [-0.4, -0.2) is 39.8 Å². The first-order valence-corrected chi connectivity index (χ1v) is 9.40. The number of hydrogen-bond donors (Lipinski definition) is 2. The topological polar surface area (TPSA) is 75.4 Å². The van der Waals surface area contributed by atoms with Gasteiger partial charge in [0.15, 0.2) is 0 Å². The van der Waals surface area contributed by atoms with Crippen molar-refractivity contribution in [1.29, 1.82) is 0 Å². The van der Waals surface area contributed by atoms with E-state index in [2.05, 4.69) is 24.1 Å². The average molecular weight is 350 g/mol. The van der Waals surface area contributed by atoms with Crippen LogP contribution < -0.4 is 11.1 Å². The number of primary amides is 1. The van der Waals surface area contributed by atoms with Crippen molar-refractivity contribution >= 4 is 29.3 Å². The van der Waals surface area contributed by atoms with E-state index in [0.29, 0.717) is 11.8 Å². The Labute approximate surface area is 148 Å². The van der Waals surface area contributed by atoms with E-state index in [4.69, 9.17) is 5.73 Å². The van der Waals surface area contributed by atoms with E-state index in [0.717, 1.165) is 30.6 Å². The number of carbonyl (C=O) groups excluding carboxylic acids is 2. The summed E-state index contributed by atoms with van der Waals surface area (Å²) in [6, 6.07) is 7.56. The lowest BCUT2D eigenvalue weighted by Crippen LogP contribution is -2.39. The van der Waals surface area contributed by atoms with Crippen LogP contribution in [0.4, 0.5) is 5.69 Å². The first-order chi connectivity index (χ1) is 11.4. The summed E-state index contributed by atoms with van der Waals surface area (Å²) in [7, 11) is 0. The zero-order chi connectivity index (χ0) is 17.7. The van der Waals surface area contributed by atoms with Crippen LogP contribution in [0.25, 0.3) is 0 Å². The number of nitrogens with two attached hydrogens (primary N) is 1. The van der Waals surface area contributed by atoms with Gasteiger partial charge in [0.2, 0.25) is 11.8 Å². The molecular weight excluding hydrogens is 322 g/mol. The Bertz CT molecular complexity index is 591. The van der Waals surface area contributed by atoms with Crippen LogP contribution in [0.3, 0.4) is 0 Å². The van der Waals surface area contributed by atoms with Crippen LogP contribution in [0.1, 0.15) is 39.2 Å². The summed E-state index contributed by atoms with van der Waals surface area (Å²) in [5, 5.41) is 3.33. The quantitative estimate of drug-likeness (QED) is 0.793. The zero-order valence-electron chi connectivity index (χ0n) is 14.6. The predicted molar refractivity (Wildman–Crippen MR) is 99.9 cm³/mol. The molecular formula is C18H27N3O2S. The summed E-state index contributed by atoms with van der Waals surface area (Å²) in [5.74, 6) is -0.259. The third-order valence-corrected chi connectivity index (χ3v) is 5.35. The Hall–Kier alpha value is -1.53. The summed E-state index contributed by atoms with van der Waals surface area (Å²) >= 11 is 1.64. The van der Waals surface area contributed by atoms with Gasteiger partial charge < -0.3 is 11.1 Å². The minimum absolute atomic E-state index is 0.00835. The number of para-hydroxylation sites is 1. The molecule has 0 aromatic heterocycles. The number of nitrogens with zero attached hydrogens (tertiary/aromatic N) is 1. The van der Waals surface area contributed by atoms with Crippen LogP contribution in [0.5, 0.6) is 0 Å². The van der Waals surface area contributed by atoms with Crippen molar-refractivity contribution in [3.63, 3.8) is 0 Å². The molecule has 24 heavy (non-hydrogen) atoms. The van der Waals surface area contributed by atoms with Gasteiger partial charge in [-0.25, -0.2) is 0 Å². The van der Waals surface area contributed by atoms with E-state index < -0.39 is 0 Å². The van der Waals surface area contributed by atoms with Crippen LogP contribution >= 0.6 is 11.8 Å². The summed E-state index contributed by atoms with van der Waals surface area (Å²) in [6.45, 7) is 7.57. The number of likely N-dealkylation sites (tertiary alicyclic amines) is 1. The Morgan fingerprint density at radius 3 is 2.71 bits per heavy atom. The molecule has 1 aromatic rings. The van der Waals surface area contributed by atoms with Crippen molar-refractivity contribution in [2.45, 2.75) is 56.7 Å². The maximum absolute atomic E-state index is 12.4. The third-order valence-electron chi connectivity index (χ3n) is 4.19. The molecule has 3 N–H and O–H groups in total. The van der Waals surface area contributed by atoms with Gasteiger partial charge in [0.1, 0.15) is 0 Å². The van der Waals surface area contributed by atoms with E-state index in [-0.39, 0.29) is 23.1 Å². The SMILES string of the molecule is CC(C)S[C@@H](C)C(=O)Nc1ccccc1CN1CCC[C@H]1C(N)=O. The number of anilines is 1. The second-order valence-corrected chi connectivity index (χ2v) is 8.43. The lowest BCUT2D eigenvalue weighted by Gasteiger charge is -2.23. The Kier molecular flexibility index (Phi) is 6.69. The highest BCUT2D eigenvalue weighted by molar-refractivity contribution is 8.01. The Morgan fingerprint density at radius 2 is 2.04 bits per heavy atom. The maximum Gasteiger partial charge on any atom is 0.237 e. The van der Waals surface area contributed by atoms with E-state index >= 15 is 0 Å². The molecule has 0 radical (unpaired) electrons. The largest absolute Gasteiger partial charge is 0.368 e. The minimum atomic E-state index is -0.268. The van der Waals surface area contributed by atoms with Gasteiger partial charge in [0.25, 0.3) is 0 Å². The van der Waals surface area contributed by atoms with Gasteiger partial charge in [-0.3, -0.25) is 14.5 Å². The lowest BCUT2D eigenvalue weighted by molar-refractivity contribution is -0.122. The molecule has 132 valence electrons. The van der Waals surface area contributed by atoms with E-state index in [1.54, 1.807) is 11.8 Å². The number of rotatable bonds is 7. The Morgan fingerprint density at radius 1 is 1.33 bits per heavy atom. The van der Waals surface area contributed by atoms with E-state index in [1.807, 2.05) is 31.2 Å². The molecule has 0 spiro atoms. The fourth-order valence-corrected chi connectivity index (χ4v) is 4.04. The molecule has 0 unspecified atom stereocenters. The number of benzene rings is 1. The number of hydrogen-bond acceptors (Lipinski definition) is 4. The molecule has 5 nitrogen and oxygen atoms in total. The molecule has 2 rings (SSSR count). The number of thioether (sulfide) groups is 1. The number of carbonyl (C=O) groups is 2. The van der Waals surface area contributed by atoms with Crippen molar-refractivity contribution in [2.24, 2.45) is 5.73 Å². The molecule has 2 amide bonds. The van der Waals surface area contributed by atoms with Crippen molar-refractivity contribution in [3.8, 4) is 0 Å². The fourth-order valence-electron chi connectivity index (χ4n) is 3.04. The van der Waals surface area contributed by atoms with Gasteiger partial charge >= 0.3 is 0 Å². The summed E-state index contributed by atoms with van der Waals surface area (Å²) in [6.07, 6.45) is 1.79. The summed E-state index contributed by atoms with van der Waals surface area (Å²) in [4.78, 5) is 26.1. The maximum atomic E-state index is 12.4. The highest BCUT2D eigenvalue weighted by Crippen LogP contribution is 2.25. The minimum Gasteiger partial charge on any atom is -0.368 e. The first-order valence-electron chi connectivity index (χ1n) is 8.46. The van der Waals surface area contributed by atoms with Gasteiger partial charge in [-0.05, 0) is 43.2 Å². The molecule has 0 aliphatic carbocycles. The molecule has 2 atom stereocenters. The van der Waals surface area contributed by atoms with Gasteiger partial charge in [0.05, 0.1) is 11.3 Å². The van der Waals surface area contributed by atoms with Crippen molar-refractivity contribution in [1.82, 2.24) is 4.90 Å². The third kappa shape index (κ3) is 4.98. The van der Waals surface area contributed by atoms with Crippen LogP contribution in [0.2, 0.25) is 0 Å². The monoisotopic (exact) mass is 349 g/mol. The smallest absolute Gasteiger partial charge is 0.237 e. The van der Waals surface area contributed by atoms with Gasteiger partial charge in [-0.1, -0.05) is 32.0 Å². The first kappa shape index (κ1) is 18.8. The normalized spacial score (nSPS) is 19.4. The van der Waals surface area contributed by atoms with Gasteiger partial charge in [-0.2, -0.15) is 0 Å². The zero-order valence-corrected chi connectivity index (χ0v) is 15.4. The van der Waals surface area contributed by atoms with Crippen LogP contribution in [0, 0.1) is 0 Å². The van der Waals surface area contributed by atoms with Crippen LogP contribution in [0.15, 0.2) is 24.3 Å². The molecule has 0 saturated carbocycles. The standard InChI is InChI=1S/C18H27N3O2S/c1-12(2)24-13(3)18(23)20-15-8-5-4-7-14(15)11-21-10-6-9-16(21)17(19)22/h4-5,7-8,12-13,16H,6,9-11H2,1-3H3,(H2,19,22)(H,20,23)/t13-,16-/m0/s1. The number of nitrogens with one attached hydrogen (secondary N) is 1. The van der Waals surface area contributed by atoms with Crippen molar-refractivity contribution in [3.05, 3.63) is 29.8 Å². The summed E-state index contributed by atoms with van der Waals surface area (Å²) < 4.78 is 0. The van der Waals surface area contributed by atoms with Crippen LogP contribution in [-0.2, 0) is 16.1 Å². The fraction of sp³-hybridized carbons (Fsp3) is 0.556. The molecule has 1 aliphatic heterocycles.